The average Bonchev–Trinajstić information content (AvgIpc) is 3.10. The fraction of sp³-hybridized carbons (Fsp3) is 0.182. The summed E-state index contributed by atoms with van der Waals surface area (Å²) in [6.45, 7) is 5.35. The van der Waals surface area contributed by atoms with Gasteiger partial charge in [-0.2, -0.15) is 0 Å². The van der Waals surface area contributed by atoms with Crippen LogP contribution in [0.1, 0.15) is 28.1 Å². The van der Waals surface area contributed by atoms with Crippen molar-refractivity contribution in [1.29, 1.82) is 0 Å². The number of nitrogens with zero attached hydrogens (tertiary/aromatic N) is 2. The smallest absolute Gasteiger partial charge is 0.338 e. The topological polar surface area (TPSA) is 108 Å². The van der Waals surface area contributed by atoms with Crippen LogP contribution >= 0.6 is 15.9 Å². The Bertz CT molecular complexity index is 1150. The summed E-state index contributed by atoms with van der Waals surface area (Å²) in [7, 11) is 0. The predicted molar refractivity (Wildman–Crippen MR) is 121 cm³/mol. The number of halogens is 1. The molecule has 1 N–H and O–H groups in total. The number of amides is 1. The molecule has 3 aromatic rings. The van der Waals surface area contributed by atoms with Gasteiger partial charge in [-0.3, -0.25) is 14.9 Å². The number of benzene rings is 2. The van der Waals surface area contributed by atoms with Gasteiger partial charge < -0.3 is 14.6 Å². The first-order valence-electron chi connectivity index (χ1n) is 9.33. The summed E-state index contributed by atoms with van der Waals surface area (Å²) >= 11 is 3.45. The molecule has 9 heteroatoms. The second-order valence-electron chi connectivity index (χ2n) is 6.89. The zero-order valence-electron chi connectivity index (χ0n) is 17.1. The van der Waals surface area contributed by atoms with Gasteiger partial charge in [0.15, 0.2) is 12.3 Å². The first-order chi connectivity index (χ1) is 14.7. The van der Waals surface area contributed by atoms with E-state index in [4.69, 9.17) is 9.26 Å². The van der Waals surface area contributed by atoms with E-state index in [1.165, 1.54) is 13.0 Å². The van der Waals surface area contributed by atoms with Crippen LogP contribution in [-0.4, -0.2) is 22.6 Å². The first kappa shape index (κ1) is 22.2. The van der Waals surface area contributed by atoms with Crippen LogP contribution in [0, 0.1) is 30.9 Å². The van der Waals surface area contributed by atoms with E-state index in [0.717, 1.165) is 21.2 Å². The molecule has 0 saturated carbocycles. The number of ether oxygens (including phenoxy) is 1. The third kappa shape index (κ3) is 5.58. The van der Waals surface area contributed by atoms with Crippen molar-refractivity contribution >= 4 is 45.4 Å². The lowest BCUT2D eigenvalue weighted by atomic mass is 10.1. The highest BCUT2D eigenvalue weighted by Crippen LogP contribution is 2.26. The van der Waals surface area contributed by atoms with Crippen LogP contribution in [0.4, 0.5) is 11.4 Å². The number of carbonyl (C=O) groups excluding carboxylic acids is 1. The fourth-order valence-corrected chi connectivity index (χ4v) is 3.33. The molecule has 0 aliphatic heterocycles. The van der Waals surface area contributed by atoms with Gasteiger partial charge in [0.05, 0.1) is 10.6 Å². The average molecular weight is 486 g/mol. The number of hydrogen-bond acceptors (Lipinski definition) is 6. The van der Waals surface area contributed by atoms with Gasteiger partial charge in [0, 0.05) is 4.47 Å². The molecule has 1 aromatic heterocycles. The zero-order valence-corrected chi connectivity index (χ0v) is 18.7. The summed E-state index contributed by atoms with van der Waals surface area (Å²) in [5.74, 6) is 0.325. The van der Waals surface area contributed by atoms with Crippen molar-refractivity contribution in [2.45, 2.75) is 20.8 Å². The minimum Gasteiger partial charge on any atom is -0.484 e. The Hall–Kier alpha value is -3.46. The van der Waals surface area contributed by atoms with Crippen LogP contribution in [0.3, 0.4) is 0 Å². The van der Waals surface area contributed by atoms with Gasteiger partial charge >= 0.3 is 5.69 Å². The maximum absolute atomic E-state index is 12.2. The van der Waals surface area contributed by atoms with Gasteiger partial charge in [-0.1, -0.05) is 23.4 Å². The van der Waals surface area contributed by atoms with Gasteiger partial charge in [-0.25, -0.2) is 0 Å². The predicted octanol–water partition coefficient (Wildman–Crippen LogP) is 5.46. The highest BCUT2D eigenvalue weighted by molar-refractivity contribution is 9.10. The standard InChI is InChI=1S/C22H20BrN3O5/c1-13-10-18(23)19(11-14(13)2)24-21(27)12-30-17-7-4-16(5-8-17)6-9-20-22(26(28)29)15(3)25-31-20/h4-11H,12H2,1-3H3,(H,24,27)/b9-6-. The van der Waals surface area contributed by atoms with Crippen molar-refractivity contribution in [3.63, 3.8) is 0 Å². The molecule has 1 heterocycles. The zero-order chi connectivity index (χ0) is 22.5. The molecule has 8 nitrogen and oxygen atoms in total. The van der Waals surface area contributed by atoms with E-state index in [1.54, 1.807) is 30.3 Å². The van der Waals surface area contributed by atoms with E-state index in [9.17, 15) is 14.9 Å². The first-order valence-corrected chi connectivity index (χ1v) is 10.1. The summed E-state index contributed by atoms with van der Waals surface area (Å²) in [5.41, 5.74) is 3.74. The Kier molecular flexibility index (Phi) is 6.86. The molecule has 0 radical (unpaired) electrons. The quantitative estimate of drug-likeness (QED) is 0.351. The van der Waals surface area contributed by atoms with E-state index >= 15 is 0 Å². The molecule has 160 valence electrons. The summed E-state index contributed by atoms with van der Waals surface area (Å²) in [5, 5.41) is 17.5. The summed E-state index contributed by atoms with van der Waals surface area (Å²) in [6, 6.07) is 10.8. The van der Waals surface area contributed by atoms with Crippen LogP contribution in [0.2, 0.25) is 0 Å². The number of hydrogen-bond donors (Lipinski definition) is 1. The van der Waals surface area contributed by atoms with Crippen molar-refractivity contribution in [2.75, 3.05) is 11.9 Å². The summed E-state index contributed by atoms with van der Waals surface area (Å²) < 4.78 is 11.3. The molecular formula is C22H20BrN3O5. The Morgan fingerprint density at radius 2 is 1.87 bits per heavy atom. The van der Waals surface area contributed by atoms with Crippen molar-refractivity contribution in [3.8, 4) is 5.75 Å². The lowest BCUT2D eigenvalue weighted by Gasteiger charge is -2.11. The number of carbonyl (C=O) groups is 1. The van der Waals surface area contributed by atoms with E-state index < -0.39 is 4.92 Å². The lowest BCUT2D eigenvalue weighted by molar-refractivity contribution is -0.386. The third-order valence-electron chi connectivity index (χ3n) is 4.57. The van der Waals surface area contributed by atoms with Crippen molar-refractivity contribution in [3.05, 3.63) is 79.1 Å². The summed E-state index contributed by atoms with van der Waals surface area (Å²) in [6.07, 6.45) is 3.16. The van der Waals surface area contributed by atoms with E-state index in [-0.39, 0.29) is 29.7 Å². The highest BCUT2D eigenvalue weighted by Gasteiger charge is 2.21. The number of nitro groups is 1. The van der Waals surface area contributed by atoms with Crippen LogP contribution in [-0.2, 0) is 4.79 Å². The molecule has 0 bridgehead atoms. The van der Waals surface area contributed by atoms with Crippen molar-refractivity contribution in [2.24, 2.45) is 0 Å². The SMILES string of the molecule is Cc1cc(Br)c(NC(=O)COc2ccc(/C=C\c3onc(C)c3[N+](=O)[O-])cc2)cc1C. The van der Waals surface area contributed by atoms with Gasteiger partial charge in [-0.15, -0.1) is 0 Å². The molecule has 31 heavy (non-hydrogen) atoms. The van der Waals surface area contributed by atoms with Gasteiger partial charge in [0.1, 0.15) is 5.75 Å². The second-order valence-corrected chi connectivity index (χ2v) is 7.75. The molecular weight excluding hydrogens is 466 g/mol. The molecule has 0 fully saturated rings. The minimum atomic E-state index is -0.524. The highest BCUT2D eigenvalue weighted by atomic mass is 79.9. The number of rotatable bonds is 7. The molecule has 0 unspecified atom stereocenters. The van der Waals surface area contributed by atoms with Crippen LogP contribution < -0.4 is 10.1 Å². The van der Waals surface area contributed by atoms with Gasteiger partial charge in [0.2, 0.25) is 5.76 Å². The van der Waals surface area contributed by atoms with Crippen molar-refractivity contribution < 1.29 is 19.0 Å². The molecule has 3 rings (SSSR count). The minimum absolute atomic E-state index is 0.0806. The van der Waals surface area contributed by atoms with Gasteiger partial charge in [-0.05, 0) is 83.7 Å². The number of anilines is 1. The number of nitrogens with one attached hydrogen (secondary N) is 1. The molecule has 2 aromatic carbocycles. The molecule has 0 aliphatic rings. The Morgan fingerprint density at radius 3 is 2.55 bits per heavy atom. The normalized spacial score (nSPS) is 11.0. The second kappa shape index (κ2) is 9.57. The van der Waals surface area contributed by atoms with Gasteiger partial charge in [0.25, 0.3) is 5.91 Å². The van der Waals surface area contributed by atoms with Crippen molar-refractivity contribution in [1.82, 2.24) is 5.16 Å². The van der Waals surface area contributed by atoms with E-state index in [2.05, 4.69) is 26.4 Å². The molecule has 0 spiro atoms. The number of aromatic nitrogens is 1. The maximum Gasteiger partial charge on any atom is 0.338 e. The Morgan fingerprint density at radius 1 is 1.19 bits per heavy atom. The van der Waals surface area contributed by atoms with Crippen LogP contribution in [0.5, 0.6) is 5.75 Å². The fourth-order valence-electron chi connectivity index (χ4n) is 2.77. The van der Waals surface area contributed by atoms with Crippen LogP contribution in [0.15, 0.2) is 45.4 Å². The maximum atomic E-state index is 12.2. The molecule has 0 aliphatic carbocycles. The Balaban J connectivity index is 1.58. The van der Waals surface area contributed by atoms with Crippen LogP contribution in [0.25, 0.3) is 12.2 Å². The van der Waals surface area contributed by atoms with E-state index in [1.807, 2.05) is 26.0 Å². The largest absolute Gasteiger partial charge is 0.484 e. The molecule has 0 atom stereocenters. The Labute approximate surface area is 187 Å². The van der Waals surface area contributed by atoms with E-state index in [0.29, 0.717) is 11.4 Å². The third-order valence-corrected chi connectivity index (χ3v) is 5.23. The summed E-state index contributed by atoms with van der Waals surface area (Å²) in [4.78, 5) is 22.8. The molecule has 0 saturated heterocycles. The molecule has 1 amide bonds. The number of aryl methyl sites for hydroxylation is 3. The monoisotopic (exact) mass is 485 g/mol. The lowest BCUT2D eigenvalue weighted by Crippen LogP contribution is -2.20.